The zero-order chi connectivity index (χ0) is 15.9. The number of ketones is 1. The minimum Gasteiger partial charge on any atom is -0.459 e. The summed E-state index contributed by atoms with van der Waals surface area (Å²) in [5, 5.41) is 2.61. The number of furan rings is 1. The van der Waals surface area contributed by atoms with Gasteiger partial charge in [-0.1, -0.05) is 13.8 Å². The summed E-state index contributed by atoms with van der Waals surface area (Å²) >= 11 is 0. The van der Waals surface area contributed by atoms with Gasteiger partial charge in [0.05, 0.1) is 23.2 Å². The number of Topliss-reactive ketones (excluding diaryl/α,β-unsaturated/α-hetero) is 1. The molecule has 2 heterocycles. The minimum atomic E-state index is -0.411. The molecule has 0 aliphatic heterocycles. The fraction of sp³-hybridized carbons (Fsp3) is 0.375. The number of nitrogens with zero attached hydrogens (tertiary/aromatic N) is 2. The Labute approximate surface area is 128 Å². The maximum atomic E-state index is 12.3. The first-order chi connectivity index (χ1) is 10.4. The van der Waals surface area contributed by atoms with E-state index in [0.29, 0.717) is 29.8 Å². The summed E-state index contributed by atoms with van der Waals surface area (Å²) in [5.74, 6) is 0.0388. The number of carbonyl (C=O) groups is 2. The molecular formula is C16H17N3O3. The average Bonchev–Trinajstić information content (AvgIpc) is 2.89. The number of aromatic nitrogens is 2. The molecule has 1 aliphatic rings. The second kappa shape index (κ2) is 5.05. The van der Waals surface area contributed by atoms with Crippen molar-refractivity contribution in [3.63, 3.8) is 0 Å². The highest BCUT2D eigenvalue weighted by Crippen LogP contribution is 2.35. The summed E-state index contributed by atoms with van der Waals surface area (Å²) in [7, 11) is 0. The lowest BCUT2D eigenvalue weighted by molar-refractivity contribution is 0.0908. The molecule has 6 heteroatoms. The Hall–Kier alpha value is -2.50. The second-order valence-electron chi connectivity index (χ2n) is 6.33. The van der Waals surface area contributed by atoms with Crippen LogP contribution in [-0.4, -0.2) is 21.7 Å². The molecule has 2 aromatic heterocycles. The minimum absolute atomic E-state index is 0.0626. The Balaban J connectivity index is 1.94. The second-order valence-corrected chi connectivity index (χ2v) is 6.33. The Morgan fingerprint density at radius 3 is 2.77 bits per heavy atom. The molecule has 0 atom stereocenters. The number of hydrogen-bond acceptors (Lipinski definition) is 5. The highest BCUT2D eigenvalue weighted by atomic mass is 16.3. The predicted octanol–water partition coefficient (Wildman–Crippen LogP) is 2.79. The molecule has 0 radical (unpaired) electrons. The first-order valence-electron chi connectivity index (χ1n) is 7.11. The van der Waals surface area contributed by atoms with Gasteiger partial charge in [-0.05, 0) is 30.9 Å². The molecule has 0 aromatic carbocycles. The SMILES string of the molecule is Cc1nc(NC(=O)c2ccco2)nc2c1C(=O)CC(C)(C)C2. The van der Waals surface area contributed by atoms with E-state index < -0.39 is 5.91 Å². The van der Waals surface area contributed by atoms with E-state index in [2.05, 4.69) is 15.3 Å². The van der Waals surface area contributed by atoms with E-state index in [4.69, 9.17) is 4.42 Å². The molecule has 3 rings (SSSR count). The monoisotopic (exact) mass is 299 g/mol. The molecule has 2 aromatic rings. The Kier molecular flexibility index (Phi) is 3.31. The zero-order valence-corrected chi connectivity index (χ0v) is 12.8. The zero-order valence-electron chi connectivity index (χ0n) is 12.8. The molecule has 0 unspecified atom stereocenters. The number of aryl methyl sites for hydroxylation is 1. The lowest BCUT2D eigenvalue weighted by Gasteiger charge is -2.30. The molecule has 0 spiro atoms. The fourth-order valence-electron chi connectivity index (χ4n) is 2.79. The van der Waals surface area contributed by atoms with Gasteiger partial charge in [-0.2, -0.15) is 0 Å². The predicted molar refractivity (Wildman–Crippen MR) is 79.9 cm³/mol. The van der Waals surface area contributed by atoms with Crippen LogP contribution in [0.4, 0.5) is 5.95 Å². The van der Waals surface area contributed by atoms with Crippen LogP contribution in [0.5, 0.6) is 0 Å². The van der Waals surface area contributed by atoms with Crippen LogP contribution in [0.25, 0.3) is 0 Å². The normalized spacial score (nSPS) is 16.2. The van der Waals surface area contributed by atoms with Crippen molar-refractivity contribution in [2.75, 3.05) is 5.32 Å². The molecule has 0 saturated carbocycles. The van der Waals surface area contributed by atoms with E-state index in [1.807, 2.05) is 13.8 Å². The van der Waals surface area contributed by atoms with E-state index in [9.17, 15) is 9.59 Å². The largest absolute Gasteiger partial charge is 0.459 e. The van der Waals surface area contributed by atoms with Crippen molar-refractivity contribution >= 4 is 17.6 Å². The molecule has 1 amide bonds. The molecule has 1 aliphatic carbocycles. The van der Waals surface area contributed by atoms with Crippen molar-refractivity contribution in [1.29, 1.82) is 0 Å². The van der Waals surface area contributed by atoms with E-state index in [1.54, 1.807) is 19.1 Å². The van der Waals surface area contributed by atoms with Crippen molar-refractivity contribution in [2.45, 2.75) is 33.6 Å². The molecule has 0 saturated heterocycles. The highest BCUT2D eigenvalue weighted by Gasteiger charge is 2.34. The summed E-state index contributed by atoms with van der Waals surface area (Å²) in [6, 6.07) is 3.20. The summed E-state index contributed by atoms with van der Waals surface area (Å²) in [6.07, 6.45) is 2.60. The molecule has 6 nitrogen and oxygen atoms in total. The van der Waals surface area contributed by atoms with Crippen molar-refractivity contribution in [2.24, 2.45) is 5.41 Å². The van der Waals surface area contributed by atoms with E-state index in [0.717, 1.165) is 0 Å². The molecular weight excluding hydrogens is 282 g/mol. The van der Waals surface area contributed by atoms with Crippen molar-refractivity contribution in [1.82, 2.24) is 9.97 Å². The fourth-order valence-corrected chi connectivity index (χ4v) is 2.79. The molecule has 22 heavy (non-hydrogen) atoms. The highest BCUT2D eigenvalue weighted by molar-refractivity contribution is 6.02. The number of amides is 1. The summed E-state index contributed by atoms with van der Waals surface area (Å²) in [4.78, 5) is 32.8. The third kappa shape index (κ3) is 2.64. The van der Waals surface area contributed by atoms with Gasteiger partial charge in [0, 0.05) is 6.42 Å². The third-order valence-electron chi connectivity index (χ3n) is 3.70. The number of anilines is 1. The number of fused-ring (bicyclic) bond motifs is 1. The van der Waals surface area contributed by atoms with Crippen molar-refractivity contribution < 1.29 is 14.0 Å². The van der Waals surface area contributed by atoms with Crippen LogP contribution in [0.2, 0.25) is 0 Å². The molecule has 114 valence electrons. The molecule has 0 bridgehead atoms. The van der Waals surface area contributed by atoms with E-state index in [1.165, 1.54) is 6.26 Å². The number of carbonyl (C=O) groups excluding carboxylic acids is 2. The summed E-state index contributed by atoms with van der Waals surface area (Å²) in [5.41, 5.74) is 1.76. The van der Waals surface area contributed by atoms with Gasteiger partial charge in [0.15, 0.2) is 11.5 Å². The van der Waals surface area contributed by atoms with Crippen molar-refractivity contribution in [3.05, 3.63) is 41.1 Å². The van der Waals surface area contributed by atoms with Crippen LogP contribution in [0, 0.1) is 12.3 Å². The molecule has 1 N–H and O–H groups in total. The van der Waals surface area contributed by atoms with Gasteiger partial charge >= 0.3 is 0 Å². The molecule has 0 fully saturated rings. The van der Waals surface area contributed by atoms with Gasteiger partial charge in [0.2, 0.25) is 5.95 Å². The van der Waals surface area contributed by atoms with Gasteiger partial charge in [-0.25, -0.2) is 9.97 Å². The summed E-state index contributed by atoms with van der Waals surface area (Å²) in [6.45, 7) is 5.83. The first-order valence-corrected chi connectivity index (χ1v) is 7.11. The van der Waals surface area contributed by atoms with Crippen LogP contribution < -0.4 is 5.32 Å². The van der Waals surface area contributed by atoms with Crippen LogP contribution in [-0.2, 0) is 6.42 Å². The maximum Gasteiger partial charge on any atom is 0.293 e. The van der Waals surface area contributed by atoms with Gasteiger partial charge < -0.3 is 4.42 Å². The first kappa shape index (κ1) is 14.4. The number of rotatable bonds is 2. The number of hydrogen-bond donors (Lipinski definition) is 1. The lowest BCUT2D eigenvalue weighted by Crippen LogP contribution is -2.29. The van der Waals surface area contributed by atoms with Gasteiger partial charge in [-0.3, -0.25) is 14.9 Å². The third-order valence-corrected chi connectivity index (χ3v) is 3.70. The van der Waals surface area contributed by atoms with Crippen LogP contribution in [0.1, 0.15) is 52.6 Å². The van der Waals surface area contributed by atoms with E-state index >= 15 is 0 Å². The van der Waals surface area contributed by atoms with Crippen molar-refractivity contribution in [3.8, 4) is 0 Å². The van der Waals surface area contributed by atoms with E-state index in [-0.39, 0.29) is 22.9 Å². The maximum absolute atomic E-state index is 12.3. The van der Waals surface area contributed by atoms with Gasteiger partial charge in [0.25, 0.3) is 5.91 Å². The number of nitrogens with one attached hydrogen (secondary N) is 1. The van der Waals surface area contributed by atoms with Crippen LogP contribution in [0.3, 0.4) is 0 Å². The topological polar surface area (TPSA) is 85.1 Å². The smallest absolute Gasteiger partial charge is 0.293 e. The quantitative estimate of drug-likeness (QED) is 0.921. The Morgan fingerprint density at radius 2 is 2.09 bits per heavy atom. The average molecular weight is 299 g/mol. The van der Waals surface area contributed by atoms with Crippen LogP contribution >= 0.6 is 0 Å². The van der Waals surface area contributed by atoms with Crippen LogP contribution in [0.15, 0.2) is 22.8 Å². The van der Waals surface area contributed by atoms with Gasteiger partial charge in [0.1, 0.15) is 0 Å². The lowest BCUT2D eigenvalue weighted by atomic mass is 9.75. The van der Waals surface area contributed by atoms with Gasteiger partial charge in [-0.15, -0.1) is 0 Å². The Bertz CT molecular complexity index is 748. The standard InChI is InChI=1S/C16H17N3O3/c1-9-13-10(7-16(2,3)8-11(13)20)18-15(17-9)19-14(21)12-5-4-6-22-12/h4-6H,7-8H2,1-3H3,(H,17,18,19,21). The summed E-state index contributed by atoms with van der Waals surface area (Å²) < 4.78 is 5.04. The Morgan fingerprint density at radius 1 is 1.32 bits per heavy atom.